The second-order valence-electron chi connectivity index (χ2n) is 34.2. The second-order valence-corrected chi connectivity index (χ2v) is 34.2. The molecule has 0 aromatic heterocycles. The number of amides is 4. The molecule has 0 aliphatic carbocycles. The van der Waals surface area contributed by atoms with Gasteiger partial charge in [0.15, 0.2) is 0 Å². The molecule has 4 amide bonds. The van der Waals surface area contributed by atoms with Gasteiger partial charge in [-0.25, -0.2) is 0 Å². The van der Waals surface area contributed by atoms with Crippen LogP contribution in [-0.4, -0.2) is 217 Å². The van der Waals surface area contributed by atoms with Crippen molar-refractivity contribution < 1.29 is 77.7 Å². The number of rotatable bonds is 88. The van der Waals surface area contributed by atoms with Crippen molar-refractivity contribution in [3.8, 4) is 0 Å². The van der Waals surface area contributed by atoms with Crippen molar-refractivity contribution in [2.45, 2.75) is 477 Å². The number of aliphatic hydroxyl groups is 4. The largest absolute Gasteiger partial charge is 0.462 e. The normalized spacial score (nSPS) is 12.8. The molecule has 23 nitrogen and oxygen atoms in total. The van der Waals surface area contributed by atoms with Crippen LogP contribution in [0.2, 0.25) is 0 Å². The molecule has 0 fully saturated rings. The summed E-state index contributed by atoms with van der Waals surface area (Å²) in [6, 6.07) is 0. The van der Waals surface area contributed by atoms with Gasteiger partial charge < -0.3 is 65.5 Å². The SMILES string of the molecule is CCCCCCCC(CCCCCCC)OC(=O)CCCNC(=O)C(O)CN(CCCN(C)CCCN(CC(O)C(=O)NCCCC(=O)OC(CCCCCCC)CCCCCCC)CC(O)C(=O)NCCCC(=O)OC(CCCCCCC)CCCCCCC)CC(O)C(=O)NCCCC(=O)OC(CCCCCCC)CCCCCCC. The van der Waals surface area contributed by atoms with Gasteiger partial charge in [-0.15, -0.1) is 0 Å². The standard InChI is InChI=1S/C95H183N7O16/c1-10-18-26-34-42-56-80(57-43-35-27-19-11-2)115-88(107)64-50-68-96-92(111)84(103)76-101(77-85(104)93(112)97-69-51-65-89(108)116-81(58-44-36-28-20-12-3)59-45-37-29-21-13-4)74-54-72-100(9)73-55-75-102(78-86(105)94(113)98-70-52-66-90(109)117-82(60-46-38-30-22-14-5)61-47-39-31-23-15-6)79-87(106)95(114)99-71-53-67-91(110)118-83(62-48-40-32-24-16-7)63-49-41-33-25-17-8/h80-87,103-106H,10-79H2,1-9H3,(H,96,111)(H,97,112)(H,98,113)(H,99,114). The first-order valence-electron chi connectivity index (χ1n) is 48.9. The number of carbonyl (C=O) groups is 8. The quantitative estimate of drug-likeness (QED) is 0.0159. The minimum Gasteiger partial charge on any atom is -0.462 e. The Balaban J connectivity index is 6.41. The molecule has 0 aliphatic rings. The third-order valence-electron chi connectivity index (χ3n) is 22.6. The van der Waals surface area contributed by atoms with E-state index < -0.39 is 48.0 Å². The van der Waals surface area contributed by atoms with Gasteiger partial charge in [0.2, 0.25) is 23.6 Å². The van der Waals surface area contributed by atoms with E-state index in [4.69, 9.17) is 18.9 Å². The third kappa shape index (κ3) is 69.9. The summed E-state index contributed by atoms with van der Waals surface area (Å²) in [5, 5.41) is 56.7. The summed E-state index contributed by atoms with van der Waals surface area (Å²) in [6.45, 7) is 18.6. The van der Waals surface area contributed by atoms with E-state index in [1.807, 2.05) is 11.9 Å². The van der Waals surface area contributed by atoms with E-state index in [1.54, 1.807) is 9.80 Å². The average molecular weight is 1680 g/mol. The number of esters is 4. The maximum absolute atomic E-state index is 13.5. The number of hydrogen-bond donors (Lipinski definition) is 8. The number of hydrogen-bond acceptors (Lipinski definition) is 19. The molecular formula is C95H183N7O16. The Morgan fingerprint density at radius 1 is 0.237 bits per heavy atom. The zero-order valence-corrected chi connectivity index (χ0v) is 77.1. The predicted molar refractivity (Wildman–Crippen MR) is 479 cm³/mol. The molecule has 0 spiro atoms. The van der Waals surface area contributed by atoms with E-state index in [0.29, 0.717) is 51.6 Å². The van der Waals surface area contributed by atoms with Crippen LogP contribution in [0.3, 0.4) is 0 Å². The van der Waals surface area contributed by atoms with Crippen LogP contribution in [0.4, 0.5) is 0 Å². The van der Waals surface area contributed by atoms with Crippen molar-refractivity contribution in [3.05, 3.63) is 0 Å². The van der Waals surface area contributed by atoms with Crippen LogP contribution in [0, 0.1) is 0 Å². The van der Waals surface area contributed by atoms with Crippen molar-refractivity contribution in [2.75, 3.05) is 85.6 Å². The van der Waals surface area contributed by atoms with Gasteiger partial charge in [0.25, 0.3) is 0 Å². The van der Waals surface area contributed by atoms with Crippen LogP contribution < -0.4 is 21.3 Å². The van der Waals surface area contributed by atoms with E-state index in [9.17, 15) is 58.8 Å². The molecule has 0 saturated carbocycles. The Kier molecular flexibility index (Phi) is 79.0. The molecule has 4 unspecified atom stereocenters. The monoisotopic (exact) mass is 1680 g/mol. The summed E-state index contributed by atoms with van der Waals surface area (Å²) in [4.78, 5) is 112. The Bertz CT molecular complexity index is 2040. The highest BCUT2D eigenvalue weighted by atomic mass is 16.6. The molecule has 8 N–H and O–H groups in total. The summed E-state index contributed by atoms with van der Waals surface area (Å²) >= 11 is 0. The molecule has 0 aromatic rings. The van der Waals surface area contributed by atoms with Crippen molar-refractivity contribution in [1.82, 2.24) is 36.0 Å². The first-order valence-corrected chi connectivity index (χ1v) is 48.9. The molecule has 4 atom stereocenters. The van der Waals surface area contributed by atoms with E-state index in [2.05, 4.69) is 76.7 Å². The summed E-state index contributed by atoms with van der Waals surface area (Å²) in [6.07, 6.45) is 47.5. The van der Waals surface area contributed by atoms with E-state index in [0.717, 1.165) is 257 Å². The maximum atomic E-state index is 13.5. The molecule has 0 heterocycles. The van der Waals surface area contributed by atoms with Gasteiger partial charge in [0.1, 0.15) is 48.8 Å². The topological polar surface area (TPSA) is 312 Å². The number of unbranched alkanes of at least 4 members (excludes halogenated alkanes) is 32. The maximum Gasteiger partial charge on any atom is 0.306 e. The van der Waals surface area contributed by atoms with Crippen LogP contribution in [-0.2, 0) is 57.3 Å². The fraction of sp³-hybridized carbons (Fsp3) is 0.916. The van der Waals surface area contributed by atoms with Crippen molar-refractivity contribution in [2.24, 2.45) is 0 Å². The van der Waals surface area contributed by atoms with Crippen molar-refractivity contribution in [1.29, 1.82) is 0 Å². The Hall–Kier alpha value is -4.52. The zero-order valence-electron chi connectivity index (χ0n) is 77.1. The summed E-state index contributed by atoms with van der Waals surface area (Å²) in [5.41, 5.74) is 0. The fourth-order valence-corrected chi connectivity index (χ4v) is 15.1. The van der Waals surface area contributed by atoms with Gasteiger partial charge in [-0.1, -0.05) is 261 Å². The highest BCUT2D eigenvalue weighted by molar-refractivity contribution is 5.82. The molecule has 694 valence electrons. The molecular weight excluding hydrogens is 1500 g/mol. The highest BCUT2D eigenvalue weighted by Gasteiger charge is 2.28. The van der Waals surface area contributed by atoms with Gasteiger partial charge >= 0.3 is 23.9 Å². The zero-order chi connectivity index (χ0) is 87.1. The lowest BCUT2D eigenvalue weighted by atomic mass is 10.0. The minimum atomic E-state index is -1.55. The number of nitrogens with one attached hydrogen (secondary N) is 4. The average Bonchev–Trinajstić information content (AvgIpc) is 0.905. The predicted octanol–water partition coefficient (Wildman–Crippen LogP) is 17.9. The van der Waals surface area contributed by atoms with Gasteiger partial charge in [0, 0.05) is 78.0 Å². The van der Waals surface area contributed by atoms with E-state index in [-0.39, 0.29) is 139 Å². The van der Waals surface area contributed by atoms with E-state index in [1.165, 1.54) is 51.4 Å². The molecule has 0 bridgehead atoms. The highest BCUT2D eigenvalue weighted by Crippen LogP contribution is 2.23. The molecule has 0 aliphatic heterocycles. The Morgan fingerprint density at radius 2 is 0.407 bits per heavy atom. The molecule has 0 aromatic carbocycles. The molecule has 23 heteroatoms. The summed E-state index contributed by atoms with van der Waals surface area (Å²) in [5.74, 6) is -3.88. The number of ether oxygens (including phenoxy) is 4. The van der Waals surface area contributed by atoms with Gasteiger partial charge in [-0.3, -0.25) is 48.2 Å². The fourth-order valence-electron chi connectivity index (χ4n) is 15.1. The summed E-state index contributed by atoms with van der Waals surface area (Å²) < 4.78 is 24.0. The third-order valence-corrected chi connectivity index (χ3v) is 22.6. The van der Waals surface area contributed by atoms with E-state index >= 15 is 0 Å². The summed E-state index contributed by atoms with van der Waals surface area (Å²) in [7, 11) is 1.90. The van der Waals surface area contributed by atoms with Crippen LogP contribution in [0.1, 0.15) is 428 Å². The van der Waals surface area contributed by atoms with Gasteiger partial charge in [-0.05, 0) is 174 Å². The lowest BCUT2D eigenvalue weighted by molar-refractivity contribution is -0.151. The lowest BCUT2D eigenvalue weighted by Crippen LogP contribution is -2.49. The first kappa shape index (κ1) is 113. The minimum absolute atomic E-state index is 0.109. The molecule has 0 saturated heterocycles. The number of aliphatic hydroxyl groups excluding tert-OH is 4. The van der Waals surface area contributed by atoms with Gasteiger partial charge in [0.05, 0.1) is 0 Å². The number of carbonyl (C=O) groups excluding carboxylic acids is 8. The van der Waals surface area contributed by atoms with Crippen molar-refractivity contribution >= 4 is 47.5 Å². The lowest BCUT2D eigenvalue weighted by Gasteiger charge is -2.28. The smallest absolute Gasteiger partial charge is 0.306 e. The second kappa shape index (κ2) is 82.1. The molecule has 0 radical (unpaired) electrons. The Morgan fingerprint density at radius 3 is 0.576 bits per heavy atom. The Labute approximate surface area is 719 Å². The van der Waals surface area contributed by atoms with Crippen molar-refractivity contribution in [3.63, 3.8) is 0 Å². The van der Waals surface area contributed by atoms with Crippen LogP contribution in [0.15, 0.2) is 0 Å². The van der Waals surface area contributed by atoms with Crippen LogP contribution >= 0.6 is 0 Å². The first-order chi connectivity index (χ1) is 57.2. The number of nitrogens with zero attached hydrogens (tertiary/aromatic N) is 3. The van der Waals surface area contributed by atoms with Crippen LogP contribution in [0.25, 0.3) is 0 Å². The molecule has 118 heavy (non-hydrogen) atoms. The van der Waals surface area contributed by atoms with Gasteiger partial charge in [-0.2, -0.15) is 0 Å². The molecule has 0 rings (SSSR count). The van der Waals surface area contributed by atoms with Crippen LogP contribution in [0.5, 0.6) is 0 Å².